The fourth-order valence-electron chi connectivity index (χ4n) is 2.63. The molecule has 0 aromatic heterocycles. The van der Waals surface area contributed by atoms with Crippen molar-refractivity contribution in [2.24, 2.45) is 5.92 Å². The Morgan fingerprint density at radius 2 is 1.38 bits per heavy atom. The van der Waals surface area contributed by atoms with Crippen LogP contribution in [-0.2, 0) is 9.09 Å². The molecule has 4 nitrogen and oxygen atoms in total. The average molecular weight is 322 g/mol. The summed E-state index contributed by atoms with van der Waals surface area (Å²) in [5.41, 5.74) is 0. The molecular weight excluding hydrogens is 287 g/mol. The zero-order valence-electron chi connectivity index (χ0n) is 14.1. The second-order valence-electron chi connectivity index (χ2n) is 6.16. The van der Waals surface area contributed by atoms with Crippen LogP contribution in [0, 0.1) is 5.92 Å². The summed E-state index contributed by atoms with van der Waals surface area (Å²) in [6, 6.07) is 0. The summed E-state index contributed by atoms with van der Waals surface area (Å²) in [6.45, 7) is 6.38. The molecule has 0 aromatic rings. The highest BCUT2D eigenvalue weighted by Crippen LogP contribution is 2.41. The summed E-state index contributed by atoms with van der Waals surface area (Å²) in [4.78, 5) is 18.1. The third-order valence-corrected chi connectivity index (χ3v) is 4.56. The summed E-state index contributed by atoms with van der Waals surface area (Å²) in [6.07, 6.45) is 12.1. The van der Waals surface area contributed by atoms with Gasteiger partial charge in [-0.1, -0.05) is 78.6 Å². The van der Waals surface area contributed by atoms with Gasteiger partial charge in [-0.25, -0.2) is 4.57 Å². The predicted octanol–water partition coefficient (Wildman–Crippen LogP) is 5.43. The van der Waals surface area contributed by atoms with Crippen LogP contribution in [0.15, 0.2) is 0 Å². The van der Waals surface area contributed by atoms with Gasteiger partial charge in [0, 0.05) is 0 Å². The number of unbranched alkanes of at least 4 members (excludes halogenated alkanes) is 7. The van der Waals surface area contributed by atoms with Crippen molar-refractivity contribution in [2.75, 3.05) is 0 Å². The molecule has 2 N–H and O–H groups in total. The van der Waals surface area contributed by atoms with Gasteiger partial charge in [-0.3, -0.25) is 4.52 Å². The molecule has 0 amide bonds. The summed E-state index contributed by atoms with van der Waals surface area (Å²) in [5.74, 6) is 0.206. The van der Waals surface area contributed by atoms with E-state index in [0.717, 1.165) is 38.5 Å². The zero-order chi connectivity index (χ0) is 16.1. The Kier molecular flexibility index (Phi) is 12.7. The maximum atomic E-state index is 11.1. The van der Waals surface area contributed by atoms with Gasteiger partial charge in [0.25, 0.3) is 0 Å². The van der Waals surface area contributed by atoms with Crippen molar-refractivity contribution in [1.82, 2.24) is 0 Å². The Hall–Kier alpha value is 0.110. The lowest BCUT2D eigenvalue weighted by Crippen LogP contribution is -2.21. The van der Waals surface area contributed by atoms with Crippen LogP contribution in [0.3, 0.4) is 0 Å². The molecule has 0 spiro atoms. The predicted molar refractivity (Wildman–Crippen MR) is 88.2 cm³/mol. The first-order valence-electron chi connectivity index (χ1n) is 8.64. The lowest BCUT2D eigenvalue weighted by molar-refractivity contribution is 0.0811. The number of hydrogen-bond acceptors (Lipinski definition) is 2. The van der Waals surface area contributed by atoms with Gasteiger partial charge in [-0.15, -0.1) is 0 Å². The van der Waals surface area contributed by atoms with Crippen molar-refractivity contribution in [3.63, 3.8) is 0 Å². The Balaban J connectivity index is 4.01. The van der Waals surface area contributed by atoms with Crippen molar-refractivity contribution in [1.29, 1.82) is 0 Å². The van der Waals surface area contributed by atoms with Gasteiger partial charge in [0.05, 0.1) is 6.10 Å². The van der Waals surface area contributed by atoms with E-state index in [-0.39, 0.29) is 12.0 Å². The molecule has 0 bridgehead atoms. The van der Waals surface area contributed by atoms with E-state index in [4.69, 9.17) is 14.3 Å². The molecule has 0 saturated heterocycles. The van der Waals surface area contributed by atoms with Gasteiger partial charge < -0.3 is 9.79 Å². The van der Waals surface area contributed by atoms with E-state index in [1.54, 1.807) is 0 Å². The summed E-state index contributed by atoms with van der Waals surface area (Å²) < 4.78 is 16.1. The standard InChI is InChI=1S/C16H35O4P/c1-4-6-8-9-10-11-12-14-16(20-21(17,18)19)15(3)13-7-5-2/h15-16H,4-14H2,1-3H3,(H2,17,18,19). The summed E-state index contributed by atoms with van der Waals surface area (Å²) in [7, 11) is -4.38. The van der Waals surface area contributed by atoms with Gasteiger partial charge >= 0.3 is 7.82 Å². The van der Waals surface area contributed by atoms with Gasteiger partial charge in [-0.2, -0.15) is 0 Å². The van der Waals surface area contributed by atoms with Crippen LogP contribution < -0.4 is 0 Å². The van der Waals surface area contributed by atoms with Crippen LogP contribution >= 0.6 is 7.82 Å². The van der Waals surface area contributed by atoms with Crippen LogP contribution in [0.25, 0.3) is 0 Å². The summed E-state index contributed by atoms with van der Waals surface area (Å²) >= 11 is 0. The van der Waals surface area contributed by atoms with Crippen LogP contribution in [0.5, 0.6) is 0 Å². The van der Waals surface area contributed by atoms with E-state index in [9.17, 15) is 4.57 Å². The Bertz CT molecular complexity index is 277. The zero-order valence-corrected chi connectivity index (χ0v) is 15.0. The van der Waals surface area contributed by atoms with Crippen LogP contribution in [0.1, 0.15) is 91.4 Å². The number of rotatable bonds is 14. The first-order valence-corrected chi connectivity index (χ1v) is 10.2. The van der Waals surface area contributed by atoms with Gasteiger partial charge in [0.2, 0.25) is 0 Å². The van der Waals surface area contributed by atoms with Gasteiger partial charge in [0.1, 0.15) is 0 Å². The molecule has 0 aliphatic carbocycles. The Labute approximate surface area is 130 Å². The average Bonchev–Trinajstić information content (AvgIpc) is 2.41. The molecule has 21 heavy (non-hydrogen) atoms. The molecule has 0 aliphatic rings. The SMILES string of the molecule is CCCCCCCCCC(OP(=O)(O)O)C(C)CCCC. The Morgan fingerprint density at radius 1 is 0.857 bits per heavy atom. The van der Waals surface area contributed by atoms with E-state index >= 15 is 0 Å². The topological polar surface area (TPSA) is 66.8 Å². The van der Waals surface area contributed by atoms with Gasteiger partial charge in [-0.05, 0) is 18.8 Å². The van der Waals surface area contributed by atoms with Crippen LogP contribution in [0.4, 0.5) is 0 Å². The minimum absolute atomic E-state index is 0.206. The minimum atomic E-state index is -4.38. The number of phosphoric ester groups is 1. The molecule has 0 rings (SSSR count). The monoisotopic (exact) mass is 322 g/mol. The lowest BCUT2D eigenvalue weighted by Gasteiger charge is -2.24. The molecular formula is C16H35O4P. The van der Waals surface area contributed by atoms with E-state index < -0.39 is 7.82 Å². The van der Waals surface area contributed by atoms with Crippen molar-refractivity contribution < 1.29 is 18.9 Å². The normalized spacial score (nSPS) is 15.1. The van der Waals surface area contributed by atoms with E-state index in [1.165, 1.54) is 32.1 Å². The second-order valence-corrected chi connectivity index (χ2v) is 7.36. The molecule has 5 heteroatoms. The molecule has 128 valence electrons. The van der Waals surface area contributed by atoms with Crippen molar-refractivity contribution in [2.45, 2.75) is 97.5 Å². The van der Waals surface area contributed by atoms with E-state index in [0.29, 0.717) is 0 Å². The van der Waals surface area contributed by atoms with Crippen LogP contribution in [0.2, 0.25) is 0 Å². The second kappa shape index (κ2) is 12.6. The largest absolute Gasteiger partial charge is 0.469 e. The maximum absolute atomic E-state index is 11.1. The van der Waals surface area contributed by atoms with Crippen LogP contribution in [-0.4, -0.2) is 15.9 Å². The van der Waals surface area contributed by atoms with Gasteiger partial charge in [0.15, 0.2) is 0 Å². The minimum Gasteiger partial charge on any atom is -0.303 e. The third kappa shape index (κ3) is 13.5. The molecule has 0 aromatic carbocycles. The highest BCUT2D eigenvalue weighted by molar-refractivity contribution is 7.46. The molecule has 0 radical (unpaired) electrons. The molecule has 2 atom stereocenters. The maximum Gasteiger partial charge on any atom is 0.469 e. The van der Waals surface area contributed by atoms with E-state index in [2.05, 4.69) is 13.8 Å². The number of phosphoric acid groups is 1. The Morgan fingerprint density at radius 3 is 1.90 bits per heavy atom. The fraction of sp³-hybridized carbons (Fsp3) is 1.00. The fourth-order valence-corrected chi connectivity index (χ4v) is 3.30. The smallest absolute Gasteiger partial charge is 0.303 e. The molecule has 0 fully saturated rings. The quantitative estimate of drug-likeness (QED) is 0.330. The highest BCUT2D eigenvalue weighted by Gasteiger charge is 2.26. The first kappa shape index (κ1) is 21.1. The lowest BCUT2D eigenvalue weighted by atomic mass is 9.94. The van der Waals surface area contributed by atoms with Crippen molar-refractivity contribution in [3.05, 3.63) is 0 Å². The van der Waals surface area contributed by atoms with E-state index in [1.807, 2.05) is 6.92 Å². The number of hydrogen-bond donors (Lipinski definition) is 2. The summed E-state index contributed by atoms with van der Waals surface area (Å²) in [5, 5.41) is 0. The highest BCUT2D eigenvalue weighted by atomic mass is 31.2. The molecule has 0 heterocycles. The van der Waals surface area contributed by atoms with Crippen molar-refractivity contribution >= 4 is 7.82 Å². The molecule has 0 aliphatic heterocycles. The molecule has 0 saturated carbocycles. The first-order chi connectivity index (χ1) is 9.90. The molecule has 2 unspecified atom stereocenters. The third-order valence-electron chi connectivity index (χ3n) is 4.01. The van der Waals surface area contributed by atoms with Crippen molar-refractivity contribution in [3.8, 4) is 0 Å².